The quantitative estimate of drug-likeness (QED) is 0.614. The second-order valence-electron chi connectivity index (χ2n) is 8.25. The Hall–Kier alpha value is -3.74. The third-order valence-electron chi connectivity index (χ3n) is 5.13. The molecule has 0 fully saturated rings. The smallest absolute Gasteiger partial charge is 0.267 e. The monoisotopic (exact) mass is 432 g/mol. The molecule has 0 saturated carbocycles. The zero-order valence-corrected chi connectivity index (χ0v) is 19.0. The fourth-order valence-electron chi connectivity index (χ4n) is 3.19. The molecule has 7 heteroatoms. The maximum absolute atomic E-state index is 12.5. The number of carbonyl (C=O) groups is 2. The summed E-state index contributed by atoms with van der Waals surface area (Å²) < 4.78 is 1.14. The van der Waals surface area contributed by atoms with Gasteiger partial charge in [0.05, 0.1) is 5.69 Å². The first kappa shape index (κ1) is 22.9. The van der Waals surface area contributed by atoms with Crippen LogP contribution in [0.3, 0.4) is 0 Å². The maximum Gasteiger partial charge on any atom is 0.267 e. The van der Waals surface area contributed by atoms with Crippen LogP contribution < -0.4 is 16.2 Å². The van der Waals surface area contributed by atoms with Crippen molar-refractivity contribution in [1.82, 2.24) is 9.78 Å². The number of aryl methyl sites for hydroxylation is 3. The summed E-state index contributed by atoms with van der Waals surface area (Å²) in [5.74, 6) is -0.558. The van der Waals surface area contributed by atoms with Crippen LogP contribution in [0.2, 0.25) is 0 Å². The molecule has 0 saturated heterocycles. The van der Waals surface area contributed by atoms with Gasteiger partial charge >= 0.3 is 0 Å². The number of nitrogens with one attached hydrogen (secondary N) is 2. The number of anilines is 2. The molecular formula is C25H28N4O3. The van der Waals surface area contributed by atoms with Crippen LogP contribution in [-0.4, -0.2) is 21.6 Å². The number of hydrogen-bond donors (Lipinski definition) is 2. The highest BCUT2D eigenvalue weighted by Crippen LogP contribution is 2.24. The van der Waals surface area contributed by atoms with Gasteiger partial charge in [-0.05, 0) is 50.1 Å². The van der Waals surface area contributed by atoms with Crippen molar-refractivity contribution in [2.75, 3.05) is 10.6 Å². The van der Waals surface area contributed by atoms with E-state index in [1.54, 1.807) is 6.07 Å². The van der Waals surface area contributed by atoms with E-state index in [0.29, 0.717) is 17.1 Å². The maximum atomic E-state index is 12.5. The molecule has 0 atom stereocenters. The Bertz CT molecular complexity index is 1230. The molecule has 0 aliphatic carbocycles. The molecule has 1 heterocycles. The van der Waals surface area contributed by atoms with Crippen molar-refractivity contribution < 1.29 is 9.59 Å². The summed E-state index contributed by atoms with van der Waals surface area (Å²) in [6, 6.07) is 14.3. The van der Waals surface area contributed by atoms with Crippen LogP contribution in [-0.2, 0) is 16.1 Å². The van der Waals surface area contributed by atoms with E-state index < -0.39 is 0 Å². The van der Waals surface area contributed by atoms with Crippen LogP contribution in [0.25, 0.3) is 11.3 Å². The highest BCUT2D eigenvalue weighted by atomic mass is 16.2. The first-order chi connectivity index (χ1) is 15.1. The Balaban J connectivity index is 1.83. The third-order valence-corrected chi connectivity index (χ3v) is 5.13. The lowest BCUT2D eigenvalue weighted by atomic mass is 10.1. The summed E-state index contributed by atoms with van der Waals surface area (Å²) in [5, 5.41) is 10.1. The lowest BCUT2D eigenvalue weighted by Crippen LogP contribution is -2.29. The van der Waals surface area contributed by atoms with Gasteiger partial charge in [0.2, 0.25) is 11.8 Å². The molecule has 0 aliphatic heterocycles. The number of hydrogen-bond acceptors (Lipinski definition) is 4. The molecule has 0 unspecified atom stereocenters. The molecule has 2 amide bonds. The molecule has 1 aromatic heterocycles. The van der Waals surface area contributed by atoms with E-state index in [1.165, 1.54) is 6.07 Å². The molecule has 2 aromatic carbocycles. The summed E-state index contributed by atoms with van der Waals surface area (Å²) in [6.45, 7) is 9.26. The Kier molecular flexibility index (Phi) is 6.88. The van der Waals surface area contributed by atoms with Crippen molar-refractivity contribution in [3.63, 3.8) is 0 Å². The van der Waals surface area contributed by atoms with E-state index in [4.69, 9.17) is 0 Å². The average molecular weight is 433 g/mol. The van der Waals surface area contributed by atoms with Gasteiger partial charge in [-0.1, -0.05) is 43.7 Å². The Labute approximate surface area is 187 Å². The first-order valence-corrected chi connectivity index (χ1v) is 10.5. The van der Waals surface area contributed by atoms with Gasteiger partial charge in [-0.3, -0.25) is 14.4 Å². The second kappa shape index (κ2) is 9.60. The van der Waals surface area contributed by atoms with Gasteiger partial charge in [-0.25, -0.2) is 4.68 Å². The molecule has 0 radical (unpaired) electrons. The summed E-state index contributed by atoms with van der Waals surface area (Å²) in [6.07, 6.45) is 0. The largest absolute Gasteiger partial charge is 0.326 e. The second-order valence-corrected chi connectivity index (χ2v) is 8.25. The van der Waals surface area contributed by atoms with E-state index in [9.17, 15) is 14.4 Å². The third kappa shape index (κ3) is 5.49. The molecule has 0 aliphatic rings. The van der Waals surface area contributed by atoms with Gasteiger partial charge in [-0.2, -0.15) is 5.10 Å². The summed E-state index contributed by atoms with van der Waals surface area (Å²) in [7, 11) is 0. The van der Waals surface area contributed by atoms with Crippen LogP contribution >= 0.6 is 0 Å². The summed E-state index contributed by atoms with van der Waals surface area (Å²) in [4.78, 5) is 37.0. The minimum Gasteiger partial charge on any atom is -0.326 e. The minimum atomic E-state index is -0.370. The lowest BCUT2D eigenvalue weighted by Gasteiger charge is -2.13. The highest BCUT2D eigenvalue weighted by molar-refractivity contribution is 5.93. The molecule has 32 heavy (non-hydrogen) atoms. The van der Waals surface area contributed by atoms with Crippen LogP contribution in [0.1, 0.15) is 30.5 Å². The number of amides is 2. The van der Waals surface area contributed by atoms with Crippen molar-refractivity contribution in [2.24, 2.45) is 5.92 Å². The predicted octanol–water partition coefficient (Wildman–Crippen LogP) is 4.07. The number of aromatic nitrogens is 2. The Morgan fingerprint density at radius 3 is 2.34 bits per heavy atom. The molecule has 166 valence electrons. The van der Waals surface area contributed by atoms with E-state index in [-0.39, 0.29) is 29.8 Å². The average Bonchev–Trinajstić information content (AvgIpc) is 2.73. The van der Waals surface area contributed by atoms with Crippen molar-refractivity contribution in [1.29, 1.82) is 0 Å². The number of carbonyl (C=O) groups excluding carboxylic acids is 2. The van der Waals surface area contributed by atoms with Gasteiger partial charge < -0.3 is 10.6 Å². The normalized spacial score (nSPS) is 10.8. The van der Waals surface area contributed by atoms with Gasteiger partial charge in [0.1, 0.15) is 6.54 Å². The zero-order valence-electron chi connectivity index (χ0n) is 19.0. The minimum absolute atomic E-state index is 0.0775. The number of nitrogens with zero attached hydrogens (tertiary/aromatic N) is 2. The van der Waals surface area contributed by atoms with Gasteiger partial charge in [-0.15, -0.1) is 0 Å². The van der Waals surface area contributed by atoms with Crippen LogP contribution in [0.15, 0.2) is 53.3 Å². The van der Waals surface area contributed by atoms with Crippen molar-refractivity contribution in [3.8, 4) is 11.3 Å². The topological polar surface area (TPSA) is 93.1 Å². The van der Waals surface area contributed by atoms with Gasteiger partial charge in [0.15, 0.2) is 0 Å². The Morgan fingerprint density at radius 2 is 1.66 bits per heavy atom. The fraction of sp³-hybridized carbons (Fsp3) is 0.280. The fourth-order valence-corrected chi connectivity index (χ4v) is 3.19. The number of benzene rings is 2. The molecular weight excluding hydrogens is 404 g/mol. The Morgan fingerprint density at radius 1 is 0.906 bits per heavy atom. The predicted molar refractivity (Wildman–Crippen MR) is 127 cm³/mol. The van der Waals surface area contributed by atoms with Crippen LogP contribution in [0, 0.1) is 26.7 Å². The standard InChI is InChI=1S/C25H28N4O3/c1-15(2)25(32)27-22-13-19(8-7-17(22)4)21-10-11-24(31)29(28-21)14-23(30)26-20-9-6-16(3)12-18(20)5/h6-13,15H,14H2,1-5H3,(H,26,30)(H,27,32). The SMILES string of the molecule is Cc1ccc(NC(=O)Cn2nc(-c3ccc(C)c(NC(=O)C(C)C)c3)ccc2=O)c(C)c1. The van der Waals surface area contributed by atoms with Gasteiger partial charge in [0.25, 0.3) is 5.56 Å². The van der Waals surface area contributed by atoms with E-state index in [1.807, 2.05) is 71.0 Å². The van der Waals surface area contributed by atoms with E-state index in [2.05, 4.69) is 15.7 Å². The van der Waals surface area contributed by atoms with E-state index in [0.717, 1.165) is 26.9 Å². The number of rotatable bonds is 6. The molecule has 0 bridgehead atoms. The first-order valence-electron chi connectivity index (χ1n) is 10.5. The highest BCUT2D eigenvalue weighted by Gasteiger charge is 2.13. The summed E-state index contributed by atoms with van der Waals surface area (Å²) >= 11 is 0. The van der Waals surface area contributed by atoms with Gasteiger partial charge in [0, 0.05) is 28.9 Å². The van der Waals surface area contributed by atoms with E-state index >= 15 is 0 Å². The molecule has 0 spiro atoms. The van der Waals surface area contributed by atoms with Crippen molar-refractivity contribution in [3.05, 3.63) is 75.6 Å². The van der Waals surface area contributed by atoms with Crippen molar-refractivity contribution >= 4 is 23.2 Å². The molecule has 2 N–H and O–H groups in total. The van der Waals surface area contributed by atoms with Crippen LogP contribution in [0.5, 0.6) is 0 Å². The summed E-state index contributed by atoms with van der Waals surface area (Å²) in [5.41, 5.74) is 5.26. The molecule has 3 aromatic rings. The lowest BCUT2D eigenvalue weighted by molar-refractivity contribution is -0.119. The molecule has 3 rings (SSSR count). The van der Waals surface area contributed by atoms with Crippen molar-refractivity contribution in [2.45, 2.75) is 41.2 Å². The molecule has 7 nitrogen and oxygen atoms in total. The van der Waals surface area contributed by atoms with Crippen LogP contribution in [0.4, 0.5) is 11.4 Å². The zero-order chi connectivity index (χ0) is 23.4.